The largest absolute Gasteiger partial charge is 0.480 e. The van der Waals surface area contributed by atoms with Crippen LogP contribution in [0.3, 0.4) is 0 Å². The third-order valence-electron chi connectivity index (χ3n) is 3.54. The second-order valence-corrected chi connectivity index (χ2v) is 7.28. The number of hydrogen-bond donors (Lipinski definition) is 2. The molecule has 0 aliphatic carbocycles. The highest BCUT2D eigenvalue weighted by Crippen LogP contribution is 2.32. The monoisotopic (exact) mass is 304 g/mol. The average Bonchev–Trinajstić information content (AvgIpc) is 2.43. The summed E-state index contributed by atoms with van der Waals surface area (Å²) in [5, 5.41) is 10.2. The van der Waals surface area contributed by atoms with Gasteiger partial charge in [0.1, 0.15) is 6.04 Å². The van der Waals surface area contributed by atoms with Crippen LogP contribution in [0.2, 0.25) is 0 Å². The fourth-order valence-corrected chi connectivity index (χ4v) is 3.21. The summed E-state index contributed by atoms with van der Waals surface area (Å²) in [6.07, 6.45) is 0. The van der Waals surface area contributed by atoms with E-state index in [0.717, 1.165) is 22.2 Å². The van der Waals surface area contributed by atoms with Crippen molar-refractivity contribution in [2.75, 3.05) is 0 Å². The lowest BCUT2D eigenvalue weighted by Gasteiger charge is -2.28. The van der Waals surface area contributed by atoms with Crippen molar-refractivity contribution in [3.63, 3.8) is 0 Å². The van der Waals surface area contributed by atoms with Gasteiger partial charge in [0.05, 0.1) is 5.52 Å². The number of thioether (sulfide) groups is 1. The Kier molecular flexibility index (Phi) is 4.54. The van der Waals surface area contributed by atoms with Gasteiger partial charge in [0, 0.05) is 21.6 Å². The maximum Gasteiger partial charge on any atom is 0.321 e. The summed E-state index contributed by atoms with van der Waals surface area (Å²) in [7, 11) is 0. The number of carbonyl (C=O) groups is 1. The molecule has 0 saturated carbocycles. The Morgan fingerprint density at radius 3 is 2.76 bits per heavy atom. The molecular weight excluding hydrogens is 284 g/mol. The van der Waals surface area contributed by atoms with E-state index in [9.17, 15) is 4.79 Å². The highest BCUT2D eigenvalue weighted by atomic mass is 32.2. The number of aromatic nitrogens is 1. The zero-order chi connectivity index (χ0) is 15.6. The molecular formula is C16H20N2O2S. The van der Waals surface area contributed by atoms with Gasteiger partial charge >= 0.3 is 5.97 Å². The van der Waals surface area contributed by atoms with Gasteiger partial charge in [0.25, 0.3) is 0 Å². The molecule has 0 bridgehead atoms. The number of nitrogens with zero attached hydrogens (tertiary/aromatic N) is 1. The molecule has 0 fully saturated rings. The molecule has 0 radical (unpaired) electrons. The van der Waals surface area contributed by atoms with Crippen molar-refractivity contribution in [2.45, 2.75) is 37.3 Å². The first-order valence-electron chi connectivity index (χ1n) is 6.79. The van der Waals surface area contributed by atoms with Crippen LogP contribution in [-0.2, 0) is 10.5 Å². The maximum absolute atomic E-state index is 11.1. The second-order valence-electron chi connectivity index (χ2n) is 5.65. The first-order valence-corrected chi connectivity index (χ1v) is 7.77. The molecule has 1 heterocycles. The third kappa shape index (κ3) is 3.54. The van der Waals surface area contributed by atoms with Gasteiger partial charge in [0.2, 0.25) is 0 Å². The lowest BCUT2D eigenvalue weighted by molar-refractivity contribution is -0.139. The Morgan fingerprint density at radius 2 is 2.10 bits per heavy atom. The molecule has 5 heteroatoms. The predicted molar refractivity (Wildman–Crippen MR) is 87.5 cm³/mol. The standard InChI is InChI=1S/C16H20N2O2S/c1-10-8-11(12-6-4-5-7-13(12)18-10)9-21-16(2,3)14(17)15(19)20/h4-8,14H,9,17H2,1-3H3,(H,19,20)/t14-/m0/s1. The van der Waals surface area contributed by atoms with E-state index in [1.54, 1.807) is 11.8 Å². The van der Waals surface area contributed by atoms with Crippen LogP contribution in [0.5, 0.6) is 0 Å². The van der Waals surface area contributed by atoms with E-state index >= 15 is 0 Å². The van der Waals surface area contributed by atoms with Crippen LogP contribution in [0.15, 0.2) is 30.3 Å². The highest BCUT2D eigenvalue weighted by molar-refractivity contribution is 7.99. The highest BCUT2D eigenvalue weighted by Gasteiger charge is 2.32. The Balaban J connectivity index is 2.26. The number of aryl methyl sites for hydroxylation is 1. The summed E-state index contributed by atoms with van der Waals surface area (Å²) < 4.78 is -0.538. The van der Waals surface area contributed by atoms with E-state index in [1.807, 2.05) is 45.0 Å². The topological polar surface area (TPSA) is 76.2 Å². The van der Waals surface area contributed by atoms with Gasteiger partial charge in [-0.3, -0.25) is 9.78 Å². The molecule has 112 valence electrons. The van der Waals surface area contributed by atoms with Gasteiger partial charge in [0.15, 0.2) is 0 Å². The molecule has 1 aromatic carbocycles. The number of benzene rings is 1. The van der Waals surface area contributed by atoms with Gasteiger partial charge in [-0.25, -0.2) is 0 Å². The van der Waals surface area contributed by atoms with Crippen LogP contribution >= 0.6 is 11.8 Å². The van der Waals surface area contributed by atoms with Crippen molar-refractivity contribution in [1.82, 2.24) is 4.98 Å². The molecule has 0 aliphatic heterocycles. The molecule has 1 aromatic heterocycles. The van der Waals surface area contributed by atoms with Crippen molar-refractivity contribution in [3.8, 4) is 0 Å². The fourth-order valence-electron chi connectivity index (χ4n) is 2.17. The van der Waals surface area contributed by atoms with Crippen LogP contribution in [0, 0.1) is 6.92 Å². The van der Waals surface area contributed by atoms with Crippen molar-refractivity contribution in [1.29, 1.82) is 0 Å². The number of fused-ring (bicyclic) bond motifs is 1. The third-order valence-corrected chi connectivity index (χ3v) is 5.00. The van der Waals surface area contributed by atoms with Crippen LogP contribution in [-0.4, -0.2) is 26.8 Å². The molecule has 2 rings (SSSR count). The summed E-state index contributed by atoms with van der Waals surface area (Å²) in [6, 6.07) is 9.15. The second kappa shape index (κ2) is 6.03. The molecule has 4 nitrogen and oxygen atoms in total. The summed E-state index contributed by atoms with van der Waals surface area (Å²) >= 11 is 1.56. The Hall–Kier alpha value is -1.59. The number of nitrogens with two attached hydrogens (primary N) is 1. The summed E-state index contributed by atoms with van der Waals surface area (Å²) in [6.45, 7) is 5.70. The van der Waals surface area contributed by atoms with Crippen LogP contribution in [0.25, 0.3) is 10.9 Å². The number of aliphatic carboxylic acids is 1. The molecule has 3 N–H and O–H groups in total. The zero-order valence-electron chi connectivity index (χ0n) is 12.5. The zero-order valence-corrected chi connectivity index (χ0v) is 13.3. The predicted octanol–water partition coefficient (Wildman–Crippen LogP) is 2.97. The molecule has 1 atom stereocenters. The van der Waals surface area contributed by atoms with Crippen molar-refractivity contribution >= 4 is 28.6 Å². The Morgan fingerprint density at radius 1 is 1.43 bits per heavy atom. The number of hydrogen-bond acceptors (Lipinski definition) is 4. The van der Waals surface area contributed by atoms with E-state index in [-0.39, 0.29) is 0 Å². The number of pyridine rings is 1. The van der Waals surface area contributed by atoms with E-state index in [4.69, 9.17) is 10.8 Å². The van der Waals surface area contributed by atoms with E-state index in [2.05, 4.69) is 11.1 Å². The van der Waals surface area contributed by atoms with Crippen molar-refractivity contribution in [2.24, 2.45) is 5.73 Å². The first kappa shape index (κ1) is 15.8. The molecule has 2 aromatic rings. The van der Waals surface area contributed by atoms with Gasteiger partial charge in [-0.2, -0.15) is 0 Å². The van der Waals surface area contributed by atoms with Crippen LogP contribution < -0.4 is 5.73 Å². The normalized spacial score (nSPS) is 13.3. The van der Waals surface area contributed by atoms with Gasteiger partial charge < -0.3 is 10.8 Å². The Bertz CT molecular complexity index is 670. The minimum Gasteiger partial charge on any atom is -0.480 e. The first-order chi connectivity index (χ1) is 9.81. The molecule has 0 amide bonds. The van der Waals surface area contributed by atoms with Crippen LogP contribution in [0.1, 0.15) is 25.1 Å². The summed E-state index contributed by atoms with van der Waals surface area (Å²) in [4.78, 5) is 15.6. The molecule has 0 unspecified atom stereocenters. The van der Waals surface area contributed by atoms with Gasteiger partial charge in [-0.15, -0.1) is 11.8 Å². The molecule has 0 spiro atoms. The molecule has 0 aliphatic rings. The van der Waals surface area contributed by atoms with E-state index < -0.39 is 16.8 Å². The quantitative estimate of drug-likeness (QED) is 0.888. The lowest BCUT2D eigenvalue weighted by Crippen LogP contribution is -2.46. The average molecular weight is 304 g/mol. The molecule has 21 heavy (non-hydrogen) atoms. The minimum atomic E-state index is -0.969. The minimum absolute atomic E-state index is 0.538. The number of carboxylic acids is 1. The SMILES string of the molecule is Cc1cc(CSC(C)(C)[C@@H](N)C(=O)O)c2ccccc2n1. The number of rotatable bonds is 5. The Labute approximate surface area is 128 Å². The van der Waals surface area contributed by atoms with Crippen LogP contribution in [0.4, 0.5) is 0 Å². The van der Waals surface area contributed by atoms with Crippen molar-refractivity contribution in [3.05, 3.63) is 41.6 Å². The van der Waals surface area contributed by atoms with Crippen molar-refractivity contribution < 1.29 is 9.90 Å². The maximum atomic E-state index is 11.1. The summed E-state index contributed by atoms with van der Waals surface area (Å²) in [5.74, 6) is -0.263. The smallest absolute Gasteiger partial charge is 0.321 e. The summed E-state index contributed by atoms with van der Waals surface area (Å²) in [5.41, 5.74) is 8.86. The van der Waals surface area contributed by atoms with Gasteiger partial charge in [-0.1, -0.05) is 18.2 Å². The van der Waals surface area contributed by atoms with Gasteiger partial charge in [-0.05, 0) is 38.5 Å². The number of carboxylic acid groups (broad SMARTS) is 1. The fraction of sp³-hybridized carbons (Fsp3) is 0.375. The lowest BCUT2D eigenvalue weighted by atomic mass is 10.1. The molecule has 0 saturated heterocycles. The van der Waals surface area contributed by atoms with E-state index in [1.165, 1.54) is 0 Å². The number of para-hydroxylation sites is 1. The van der Waals surface area contributed by atoms with E-state index in [0.29, 0.717) is 5.75 Å².